The van der Waals surface area contributed by atoms with Crippen molar-refractivity contribution in [2.24, 2.45) is 0 Å². The van der Waals surface area contributed by atoms with Gasteiger partial charge in [0.1, 0.15) is 0 Å². The SMILES string of the molecule is CC(C)N(CCNC(=O)NC1CCNC1)C(C)C. The molecule has 0 radical (unpaired) electrons. The Kier molecular flexibility index (Phi) is 6.43. The lowest BCUT2D eigenvalue weighted by Gasteiger charge is -2.30. The summed E-state index contributed by atoms with van der Waals surface area (Å²) < 4.78 is 0. The molecule has 1 aliphatic rings. The molecule has 1 rings (SSSR count). The highest BCUT2D eigenvalue weighted by atomic mass is 16.2. The lowest BCUT2D eigenvalue weighted by atomic mass is 10.2. The highest BCUT2D eigenvalue weighted by Crippen LogP contribution is 2.03. The van der Waals surface area contributed by atoms with Crippen LogP contribution in [0.25, 0.3) is 0 Å². The van der Waals surface area contributed by atoms with Crippen LogP contribution in [-0.2, 0) is 0 Å². The largest absolute Gasteiger partial charge is 0.337 e. The number of amides is 2. The summed E-state index contributed by atoms with van der Waals surface area (Å²) in [7, 11) is 0. The summed E-state index contributed by atoms with van der Waals surface area (Å²) in [5.74, 6) is 0. The summed E-state index contributed by atoms with van der Waals surface area (Å²) in [5.41, 5.74) is 0. The fourth-order valence-corrected chi connectivity index (χ4v) is 2.43. The van der Waals surface area contributed by atoms with Gasteiger partial charge in [0, 0.05) is 37.8 Å². The van der Waals surface area contributed by atoms with Crippen molar-refractivity contribution in [1.29, 1.82) is 0 Å². The van der Waals surface area contributed by atoms with Gasteiger partial charge >= 0.3 is 6.03 Å². The molecular weight excluding hydrogens is 228 g/mol. The van der Waals surface area contributed by atoms with Crippen LogP contribution in [-0.4, -0.2) is 55.2 Å². The van der Waals surface area contributed by atoms with Gasteiger partial charge in [-0.05, 0) is 40.7 Å². The average Bonchev–Trinajstić information content (AvgIpc) is 2.75. The second kappa shape index (κ2) is 7.59. The minimum atomic E-state index is -0.0452. The van der Waals surface area contributed by atoms with Crippen LogP contribution < -0.4 is 16.0 Å². The molecule has 0 aliphatic carbocycles. The zero-order valence-corrected chi connectivity index (χ0v) is 12.1. The van der Waals surface area contributed by atoms with E-state index in [0.717, 1.165) is 26.1 Å². The Morgan fingerprint density at radius 3 is 2.50 bits per heavy atom. The van der Waals surface area contributed by atoms with Crippen LogP contribution in [0.15, 0.2) is 0 Å². The third-order valence-corrected chi connectivity index (χ3v) is 3.38. The fraction of sp³-hybridized carbons (Fsp3) is 0.923. The highest BCUT2D eigenvalue weighted by molar-refractivity contribution is 5.74. The average molecular weight is 256 g/mol. The molecule has 0 saturated carbocycles. The summed E-state index contributed by atoms with van der Waals surface area (Å²) >= 11 is 0. The Morgan fingerprint density at radius 2 is 2.00 bits per heavy atom. The van der Waals surface area contributed by atoms with Crippen LogP contribution in [0.5, 0.6) is 0 Å². The van der Waals surface area contributed by atoms with Gasteiger partial charge in [0.05, 0.1) is 0 Å². The molecule has 0 spiro atoms. The number of carbonyl (C=O) groups is 1. The normalized spacial score (nSPS) is 19.8. The van der Waals surface area contributed by atoms with Gasteiger partial charge in [-0.25, -0.2) is 4.79 Å². The second-order valence-electron chi connectivity index (χ2n) is 5.52. The standard InChI is InChI=1S/C13H28N4O/c1-10(2)17(11(3)4)8-7-15-13(18)16-12-5-6-14-9-12/h10-12,14H,5-9H2,1-4H3,(H2,15,16,18). The van der Waals surface area contributed by atoms with Crippen LogP contribution in [0.1, 0.15) is 34.1 Å². The molecule has 0 aromatic carbocycles. The van der Waals surface area contributed by atoms with Crippen LogP contribution in [0.4, 0.5) is 4.79 Å². The molecule has 1 heterocycles. The van der Waals surface area contributed by atoms with Crippen LogP contribution >= 0.6 is 0 Å². The molecule has 0 aromatic rings. The number of carbonyl (C=O) groups excluding carboxylic acids is 1. The van der Waals surface area contributed by atoms with Gasteiger partial charge < -0.3 is 16.0 Å². The molecule has 1 atom stereocenters. The summed E-state index contributed by atoms with van der Waals surface area (Å²) in [6.07, 6.45) is 1.03. The van der Waals surface area contributed by atoms with E-state index < -0.39 is 0 Å². The van der Waals surface area contributed by atoms with Crippen molar-refractivity contribution in [2.45, 2.75) is 52.2 Å². The van der Waals surface area contributed by atoms with Gasteiger partial charge in [0.25, 0.3) is 0 Å². The second-order valence-corrected chi connectivity index (χ2v) is 5.52. The van der Waals surface area contributed by atoms with Gasteiger partial charge in [-0.15, -0.1) is 0 Å². The number of rotatable bonds is 6. The van der Waals surface area contributed by atoms with Crippen LogP contribution in [0.3, 0.4) is 0 Å². The monoisotopic (exact) mass is 256 g/mol. The van der Waals surface area contributed by atoms with Crippen molar-refractivity contribution >= 4 is 6.03 Å². The first-order valence-electron chi connectivity index (χ1n) is 7.01. The van der Waals surface area contributed by atoms with Crippen LogP contribution in [0, 0.1) is 0 Å². The first kappa shape index (κ1) is 15.2. The van der Waals surface area contributed by atoms with E-state index in [2.05, 4.69) is 48.5 Å². The van der Waals surface area contributed by atoms with E-state index in [-0.39, 0.29) is 12.1 Å². The van der Waals surface area contributed by atoms with Crippen molar-refractivity contribution in [2.75, 3.05) is 26.2 Å². The molecule has 3 N–H and O–H groups in total. The van der Waals surface area contributed by atoms with Gasteiger partial charge in [0.15, 0.2) is 0 Å². The minimum absolute atomic E-state index is 0.0452. The molecule has 1 aliphatic heterocycles. The quantitative estimate of drug-likeness (QED) is 0.658. The van der Waals surface area contributed by atoms with Crippen molar-refractivity contribution in [3.8, 4) is 0 Å². The van der Waals surface area contributed by atoms with Gasteiger partial charge in [-0.3, -0.25) is 4.90 Å². The number of hydrogen-bond donors (Lipinski definition) is 3. The minimum Gasteiger partial charge on any atom is -0.337 e. The summed E-state index contributed by atoms with van der Waals surface area (Å²) in [6, 6.07) is 1.26. The Balaban J connectivity index is 2.17. The summed E-state index contributed by atoms with van der Waals surface area (Å²) in [4.78, 5) is 14.0. The molecule has 5 nitrogen and oxygen atoms in total. The maximum absolute atomic E-state index is 11.7. The summed E-state index contributed by atoms with van der Waals surface area (Å²) in [6.45, 7) is 12.2. The Hall–Kier alpha value is -0.810. The van der Waals surface area contributed by atoms with Crippen LogP contribution in [0.2, 0.25) is 0 Å². The van der Waals surface area contributed by atoms with E-state index in [4.69, 9.17) is 0 Å². The number of nitrogens with one attached hydrogen (secondary N) is 3. The molecule has 18 heavy (non-hydrogen) atoms. The Labute approximate surface area is 111 Å². The highest BCUT2D eigenvalue weighted by Gasteiger charge is 2.17. The molecule has 2 amide bonds. The topological polar surface area (TPSA) is 56.4 Å². The molecule has 106 valence electrons. The molecule has 1 fully saturated rings. The first-order valence-corrected chi connectivity index (χ1v) is 7.01. The van der Waals surface area contributed by atoms with E-state index >= 15 is 0 Å². The smallest absolute Gasteiger partial charge is 0.315 e. The number of nitrogens with zero attached hydrogens (tertiary/aromatic N) is 1. The molecule has 1 saturated heterocycles. The molecule has 5 heteroatoms. The fourth-order valence-electron chi connectivity index (χ4n) is 2.43. The van der Waals surface area contributed by atoms with E-state index in [1.165, 1.54) is 0 Å². The van der Waals surface area contributed by atoms with Crippen molar-refractivity contribution in [3.63, 3.8) is 0 Å². The van der Waals surface area contributed by atoms with Gasteiger partial charge in [0.2, 0.25) is 0 Å². The molecule has 1 unspecified atom stereocenters. The molecule has 0 aromatic heterocycles. The van der Waals surface area contributed by atoms with E-state index in [1.54, 1.807) is 0 Å². The maximum atomic E-state index is 11.7. The lowest BCUT2D eigenvalue weighted by Crippen LogP contribution is -2.47. The Bertz CT molecular complexity index is 241. The summed E-state index contributed by atoms with van der Waals surface area (Å²) in [5, 5.41) is 9.14. The lowest BCUT2D eigenvalue weighted by molar-refractivity contribution is 0.175. The van der Waals surface area contributed by atoms with Crippen molar-refractivity contribution in [1.82, 2.24) is 20.9 Å². The van der Waals surface area contributed by atoms with E-state index in [9.17, 15) is 4.79 Å². The van der Waals surface area contributed by atoms with Gasteiger partial charge in [-0.1, -0.05) is 0 Å². The third-order valence-electron chi connectivity index (χ3n) is 3.38. The van der Waals surface area contributed by atoms with Crippen molar-refractivity contribution in [3.05, 3.63) is 0 Å². The van der Waals surface area contributed by atoms with E-state index in [0.29, 0.717) is 18.6 Å². The maximum Gasteiger partial charge on any atom is 0.315 e. The zero-order chi connectivity index (χ0) is 13.5. The zero-order valence-electron chi connectivity index (χ0n) is 12.1. The van der Waals surface area contributed by atoms with Gasteiger partial charge in [-0.2, -0.15) is 0 Å². The predicted octanol–water partition coefficient (Wildman–Crippen LogP) is 0.766. The molecular formula is C13H28N4O. The number of hydrogen-bond acceptors (Lipinski definition) is 3. The first-order chi connectivity index (χ1) is 8.50. The molecule has 0 bridgehead atoms. The predicted molar refractivity (Wildman–Crippen MR) is 74.8 cm³/mol. The number of urea groups is 1. The third kappa shape index (κ3) is 5.23. The van der Waals surface area contributed by atoms with E-state index in [1.807, 2.05) is 0 Å². The Morgan fingerprint density at radius 1 is 1.33 bits per heavy atom. The van der Waals surface area contributed by atoms with Crippen molar-refractivity contribution < 1.29 is 4.79 Å².